The van der Waals surface area contributed by atoms with Crippen molar-refractivity contribution in [2.24, 2.45) is 11.8 Å². The first-order chi connectivity index (χ1) is 4.18. The highest BCUT2D eigenvalue weighted by molar-refractivity contribution is 4.73. The van der Waals surface area contributed by atoms with E-state index < -0.39 is 0 Å². The molecule has 0 aliphatic heterocycles. The lowest BCUT2D eigenvalue weighted by molar-refractivity contribution is 0.0804. The minimum Gasteiger partial charge on any atom is -0.393 e. The van der Waals surface area contributed by atoms with Crippen molar-refractivity contribution in [2.45, 2.75) is 39.2 Å². The molecule has 1 aliphatic carbocycles. The minimum absolute atomic E-state index is 0.0104. The Kier molecular flexibility index (Phi) is 2.12. The van der Waals surface area contributed by atoms with Crippen molar-refractivity contribution < 1.29 is 5.11 Å². The molecule has 1 N–H and O–H groups in total. The van der Waals surface area contributed by atoms with E-state index in [-0.39, 0.29) is 6.10 Å². The van der Waals surface area contributed by atoms with Crippen LogP contribution < -0.4 is 0 Å². The van der Waals surface area contributed by atoms with E-state index in [0.29, 0.717) is 0 Å². The summed E-state index contributed by atoms with van der Waals surface area (Å²) in [5.74, 6) is 1.48. The normalized spacial score (nSPS) is 45.0. The molecular formula is C8H16O. The summed E-state index contributed by atoms with van der Waals surface area (Å²) in [6.07, 6.45) is 3.33. The zero-order chi connectivity index (χ0) is 6.85. The molecule has 0 aromatic carbocycles. The fourth-order valence-electron chi connectivity index (χ4n) is 1.90. The van der Waals surface area contributed by atoms with Crippen molar-refractivity contribution in [2.75, 3.05) is 0 Å². The van der Waals surface area contributed by atoms with Crippen molar-refractivity contribution >= 4 is 0 Å². The van der Waals surface area contributed by atoms with Gasteiger partial charge in [-0.1, -0.05) is 13.8 Å². The average molecular weight is 128 g/mol. The first kappa shape index (κ1) is 7.07. The maximum atomic E-state index is 9.25. The van der Waals surface area contributed by atoms with Crippen LogP contribution in [0.15, 0.2) is 0 Å². The maximum absolute atomic E-state index is 9.25. The SMILES string of the molecule is C[C@@H]1CC(O)C[C@H](C)C1. The molecule has 1 saturated carbocycles. The summed E-state index contributed by atoms with van der Waals surface area (Å²) in [5, 5.41) is 9.25. The van der Waals surface area contributed by atoms with Crippen molar-refractivity contribution in [3.8, 4) is 0 Å². The summed E-state index contributed by atoms with van der Waals surface area (Å²) in [7, 11) is 0. The maximum Gasteiger partial charge on any atom is 0.0545 e. The van der Waals surface area contributed by atoms with Crippen LogP contribution in [0.2, 0.25) is 0 Å². The summed E-state index contributed by atoms with van der Waals surface area (Å²) in [5.41, 5.74) is 0. The molecule has 1 heteroatoms. The number of hydrogen-bond acceptors (Lipinski definition) is 1. The van der Waals surface area contributed by atoms with Gasteiger partial charge in [0, 0.05) is 0 Å². The van der Waals surface area contributed by atoms with Crippen LogP contribution in [0, 0.1) is 11.8 Å². The Balaban J connectivity index is 2.34. The predicted molar refractivity (Wildman–Crippen MR) is 38.2 cm³/mol. The second-order valence-corrected chi connectivity index (χ2v) is 3.57. The Morgan fingerprint density at radius 3 is 1.78 bits per heavy atom. The molecule has 0 saturated heterocycles. The first-order valence-electron chi connectivity index (χ1n) is 3.86. The van der Waals surface area contributed by atoms with E-state index in [1.807, 2.05) is 0 Å². The smallest absolute Gasteiger partial charge is 0.0545 e. The second-order valence-electron chi connectivity index (χ2n) is 3.57. The van der Waals surface area contributed by atoms with Crippen LogP contribution in [0.25, 0.3) is 0 Å². The van der Waals surface area contributed by atoms with Crippen LogP contribution >= 0.6 is 0 Å². The third-order valence-corrected chi connectivity index (χ3v) is 2.15. The molecule has 9 heavy (non-hydrogen) atoms. The number of hydrogen-bond donors (Lipinski definition) is 1. The van der Waals surface area contributed by atoms with Crippen LogP contribution in [-0.4, -0.2) is 11.2 Å². The summed E-state index contributed by atoms with van der Waals surface area (Å²) >= 11 is 0. The highest BCUT2D eigenvalue weighted by Gasteiger charge is 2.21. The van der Waals surface area contributed by atoms with Gasteiger partial charge in [-0.05, 0) is 31.1 Å². The lowest BCUT2D eigenvalue weighted by Crippen LogP contribution is -2.22. The van der Waals surface area contributed by atoms with Gasteiger partial charge in [-0.3, -0.25) is 0 Å². The molecule has 0 heterocycles. The van der Waals surface area contributed by atoms with E-state index in [1.54, 1.807) is 0 Å². The topological polar surface area (TPSA) is 20.2 Å². The van der Waals surface area contributed by atoms with E-state index in [4.69, 9.17) is 0 Å². The first-order valence-corrected chi connectivity index (χ1v) is 3.86. The van der Waals surface area contributed by atoms with E-state index in [9.17, 15) is 5.11 Å². The Morgan fingerprint density at radius 1 is 1.00 bits per heavy atom. The Hall–Kier alpha value is -0.0400. The van der Waals surface area contributed by atoms with Gasteiger partial charge in [-0.2, -0.15) is 0 Å². The number of aliphatic hydroxyl groups is 1. The van der Waals surface area contributed by atoms with Crippen LogP contribution in [0.1, 0.15) is 33.1 Å². The molecule has 3 atom stereocenters. The van der Waals surface area contributed by atoms with Crippen LogP contribution in [0.3, 0.4) is 0 Å². The molecule has 0 aromatic rings. The molecular weight excluding hydrogens is 112 g/mol. The molecule has 54 valence electrons. The molecule has 0 radical (unpaired) electrons. The molecule has 1 rings (SSSR count). The molecule has 1 unspecified atom stereocenters. The fourth-order valence-corrected chi connectivity index (χ4v) is 1.90. The van der Waals surface area contributed by atoms with Gasteiger partial charge in [0.2, 0.25) is 0 Å². The zero-order valence-corrected chi connectivity index (χ0v) is 6.30. The molecule has 1 nitrogen and oxygen atoms in total. The van der Waals surface area contributed by atoms with Gasteiger partial charge in [0.15, 0.2) is 0 Å². The van der Waals surface area contributed by atoms with Crippen molar-refractivity contribution in [3.63, 3.8) is 0 Å². The third kappa shape index (κ3) is 1.98. The second kappa shape index (κ2) is 2.70. The van der Waals surface area contributed by atoms with Gasteiger partial charge < -0.3 is 5.11 Å². The largest absolute Gasteiger partial charge is 0.393 e. The van der Waals surface area contributed by atoms with Gasteiger partial charge in [0.05, 0.1) is 6.10 Å². The van der Waals surface area contributed by atoms with Gasteiger partial charge in [-0.15, -0.1) is 0 Å². The monoisotopic (exact) mass is 128 g/mol. The van der Waals surface area contributed by atoms with Gasteiger partial charge >= 0.3 is 0 Å². The molecule has 1 fully saturated rings. The van der Waals surface area contributed by atoms with Crippen molar-refractivity contribution in [1.82, 2.24) is 0 Å². The van der Waals surface area contributed by atoms with E-state index in [0.717, 1.165) is 24.7 Å². The van der Waals surface area contributed by atoms with Crippen LogP contribution in [-0.2, 0) is 0 Å². The van der Waals surface area contributed by atoms with Gasteiger partial charge in [0.1, 0.15) is 0 Å². The predicted octanol–water partition coefficient (Wildman–Crippen LogP) is 1.80. The number of rotatable bonds is 0. The summed E-state index contributed by atoms with van der Waals surface area (Å²) < 4.78 is 0. The van der Waals surface area contributed by atoms with Gasteiger partial charge in [-0.25, -0.2) is 0 Å². The molecule has 1 aliphatic rings. The minimum atomic E-state index is -0.0104. The fraction of sp³-hybridized carbons (Fsp3) is 1.00. The lowest BCUT2D eigenvalue weighted by atomic mass is 9.82. The van der Waals surface area contributed by atoms with E-state index >= 15 is 0 Å². The van der Waals surface area contributed by atoms with Crippen molar-refractivity contribution in [1.29, 1.82) is 0 Å². The van der Waals surface area contributed by atoms with Crippen LogP contribution in [0.5, 0.6) is 0 Å². The highest BCUT2D eigenvalue weighted by Crippen LogP contribution is 2.27. The number of aliphatic hydroxyl groups excluding tert-OH is 1. The molecule has 0 bridgehead atoms. The third-order valence-electron chi connectivity index (χ3n) is 2.15. The quantitative estimate of drug-likeness (QED) is 0.527. The zero-order valence-electron chi connectivity index (χ0n) is 6.30. The summed E-state index contributed by atoms with van der Waals surface area (Å²) in [4.78, 5) is 0. The highest BCUT2D eigenvalue weighted by atomic mass is 16.3. The van der Waals surface area contributed by atoms with Crippen LogP contribution in [0.4, 0.5) is 0 Å². The summed E-state index contributed by atoms with van der Waals surface area (Å²) in [6, 6.07) is 0. The molecule has 0 aromatic heterocycles. The molecule has 0 amide bonds. The van der Waals surface area contributed by atoms with E-state index in [1.165, 1.54) is 6.42 Å². The Bertz CT molecular complexity index is 65.5. The van der Waals surface area contributed by atoms with Gasteiger partial charge in [0.25, 0.3) is 0 Å². The standard InChI is InChI=1S/C8H16O/c1-6-3-7(2)5-8(9)4-6/h6-9H,3-5H2,1-2H3/t6-,7+,8?. The van der Waals surface area contributed by atoms with Crippen molar-refractivity contribution in [3.05, 3.63) is 0 Å². The summed E-state index contributed by atoms with van der Waals surface area (Å²) in [6.45, 7) is 4.44. The molecule has 0 spiro atoms. The lowest BCUT2D eigenvalue weighted by Gasteiger charge is -2.27. The van der Waals surface area contributed by atoms with E-state index in [2.05, 4.69) is 13.8 Å². The average Bonchev–Trinajstić information content (AvgIpc) is 1.59. The Morgan fingerprint density at radius 2 is 1.44 bits per heavy atom. The Labute approximate surface area is 57.1 Å².